The van der Waals surface area contributed by atoms with Gasteiger partial charge in [0.15, 0.2) is 11.5 Å². The molecule has 1 aromatic carbocycles. The molecular weight excluding hydrogens is 327 g/mol. The highest BCUT2D eigenvalue weighted by Gasteiger charge is 2.37. The molecule has 2 amide bonds. The fourth-order valence-corrected chi connectivity index (χ4v) is 3.56. The Morgan fingerprint density at radius 2 is 2.00 bits per heavy atom. The molecule has 132 valence electrons. The van der Waals surface area contributed by atoms with Crippen LogP contribution in [0.5, 0.6) is 11.5 Å². The topological polar surface area (TPSA) is 59.1 Å². The van der Waals surface area contributed by atoms with E-state index in [1.54, 1.807) is 23.1 Å². The molecule has 3 aliphatic rings. The Hall–Kier alpha value is -2.57. The maximum absolute atomic E-state index is 13.5. The van der Waals surface area contributed by atoms with Gasteiger partial charge in [-0.3, -0.25) is 9.59 Å². The molecule has 3 aliphatic heterocycles. The molecule has 7 heteroatoms. The van der Waals surface area contributed by atoms with Crippen molar-refractivity contribution in [1.82, 2.24) is 9.80 Å². The van der Waals surface area contributed by atoms with Crippen LogP contribution in [0.25, 0.3) is 0 Å². The van der Waals surface area contributed by atoms with Crippen molar-refractivity contribution < 1.29 is 23.5 Å². The van der Waals surface area contributed by atoms with Gasteiger partial charge in [0.25, 0.3) is 5.91 Å². The number of carbonyl (C=O) groups excluding carboxylic acids is 2. The monoisotopic (exact) mass is 346 g/mol. The van der Waals surface area contributed by atoms with Crippen LogP contribution in [0.3, 0.4) is 0 Å². The molecule has 0 N–H and O–H groups in total. The standard InChI is InChI=1S/C18H19FN2O4/c19-13-3-1-7-20(10-13)18(23)14-4-2-8-21(14)17(22)12-5-6-15-16(9-12)25-11-24-15/h3,5-6,9,14H,1-2,4,7-8,10-11H2/t14-/m1/s1. The van der Waals surface area contributed by atoms with Crippen LogP contribution < -0.4 is 9.47 Å². The van der Waals surface area contributed by atoms with E-state index in [1.165, 1.54) is 11.0 Å². The summed E-state index contributed by atoms with van der Waals surface area (Å²) < 4.78 is 24.1. The molecular formula is C18H19FN2O4. The second kappa shape index (κ2) is 6.38. The smallest absolute Gasteiger partial charge is 0.254 e. The first-order valence-corrected chi connectivity index (χ1v) is 8.47. The van der Waals surface area contributed by atoms with Crippen LogP contribution in [-0.2, 0) is 4.79 Å². The van der Waals surface area contributed by atoms with Crippen molar-refractivity contribution in [3.05, 3.63) is 35.7 Å². The Morgan fingerprint density at radius 3 is 2.84 bits per heavy atom. The van der Waals surface area contributed by atoms with Gasteiger partial charge in [-0.2, -0.15) is 0 Å². The third-order valence-electron chi connectivity index (χ3n) is 4.84. The number of ether oxygens (including phenoxy) is 2. The van der Waals surface area contributed by atoms with Crippen molar-refractivity contribution in [3.63, 3.8) is 0 Å². The fourth-order valence-electron chi connectivity index (χ4n) is 3.56. The lowest BCUT2D eigenvalue weighted by Gasteiger charge is -2.31. The maximum Gasteiger partial charge on any atom is 0.254 e. The summed E-state index contributed by atoms with van der Waals surface area (Å²) in [7, 11) is 0. The van der Waals surface area contributed by atoms with Gasteiger partial charge in [0.2, 0.25) is 12.7 Å². The van der Waals surface area contributed by atoms with Crippen molar-refractivity contribution >= 4 is 11.8 Å². The average Bonchev–Trinajstić information content (AvgIpc) is 3.29. The van der Waals surface area contributed by atoms with Crippen LogP contribution in [0.15, 0.2) is 30.1 Å². The molecule has 25 heavy (non-hydrogen) atoms. The minimum atomic E-state index is -0.524. The molecule has 1 aromatic rings. The highest BCUT2D eigenvalue weighted by Crippen LogP contribution is 2.33. The summed E-state index contributed by atoms with van der Waals surface area (Å²) >= 11 is 0. The Morgan fingerprint density at radius 1 is 1.16 bits per heavy atom. The number of amides is 2. The fraction of sp³-hybridized carbons (Fsp3) is 0.444. The summed E-state index contributed by atoms with van der Waals surface area (Å²) in [5, 5.41) is 0. The lowest BCUT2D eigenvalue weighted by Crippen LogP contribution is -2.49. The predicted octanol–water partition coefficient (Wildman–Crippen LogP) is 2.11. The number of fused-ring (bicyclic) bond motifs is 1. The van der Waals surface area contributed by atoms with Gasteiger partial charge in [0, 0.05) is 18.7 Å². The minimum absolute atomic E-state index is 0.00138. The highest BCUT2D eigenvalue weighted by molar-refractivity contribution is 5.98. The number of hydrogen-bond acceptors (Lipinski definition) is 4. The number of carbonyl (C=O) groups is 2. The number of rotatable bonds is 2. The summed E-state index contributed by atoms with van der Waals surface area (Å²) in [6.45, 7) is 1.16. The minimum Gasteiger partial charge on any atom is -0.454 e. The van der Waals surface area contributed by atoms with Crippen molar-refractivity contribution in [2.45, 2.75) is 25.3 Å². The SMILES string of the molecule is O=C([C@H]1CCCN1C(=O)c1ccc2c(c1)OCO2)N1CCC=C(F)C1. The van der Waals surface area contributed by atoms with E-state index < -0.39 is 6.04 Å². The normalized spacial score (nSPS) is 22.1. The van der Waals surface area contributed by atoms with Crippen LogP contribution in [-0.4, -0.2) is 54.1 Å². The van der Waals surface area contributed by atoms with Crippen molar-refractivity contribution in [3.8, 4) is 11.5 Å². The van der Waals surface area contributed by atoms with Gasteiger partial charge in [-0.05, 0) is 43.5 Å². The van der Waals surface area contributed by atoms with Gasteiger partial charge in [0.05, 0.1) is 6.54 Å². The van der Waals surface area contributed by atoms with E-state index in [2.05, 4.69) is 0 Å². The number of likely N-dealkylation sites (tertiary alicyclic amines) is 1. The summed E-state index contributed by atoms with van der Waals surface area (Å²) in [6, 6.07) is 4.50. The molecule has 1 fully saturated rings. The number of nitrogens with zero attached hydrogens (tertiary/aromatic N) is 2. The molecule has 0 radical (unpaired) electrons. The summed E-state index contributed by atoms with van der Waals surface area (Å²) in [6.07, 6.45) is 3.39. The third-order valence-corrected chi connectivity index (χ3v) is 4.84. The van der Waals surface area contributed by atoms with Crippen molar-refractivity contribution in [2.75, 3.05) is 26.4 Å². The largest absolute Gasteiger partial charge is 0.454 e. The van der Waals surface area contributed by atoms with E-state index in [9.17, 15) is 14.0 Å². The second-order valence-electron chi connectivity index (χ2n) is 6.42. The first kappa shape index (κ1) is 15.9. The van der Waals surface area contributed by atoms with Crippen LogP contribution in [0.2, 0.25) is 0 Å². The third kappa shape index (κ3) is 2.94. The van der Waals surface area contributed by atoms with E-state index in [-0.39, 0.29) is 31.0 Å². The van der Waals surface area contributed by atoms with Gasteiger partial charge in [-0.1, -0.05) is 0 Å². The average molecular weight is 346 g/mol. The summed E-state index contributed by atoms with van der Waals surface area (Å²) in [5.41, 5.74) is 0.466. The molecule has 0 aliphatic carbocycles. The Balaban J connectivity index is 1.52. The predicted molar refractivity (Wildman–Crippen MR) is 87.0 cm³/mol. The van der Waals surface area contributed by atoms with E-state index in [4.69, 9.17) is 9.47 Å². The number of halogens is 1. The van der Waals surface area contributed by atoms with Gasteiger partial charge in [-0.25, -0.2) is 4.39 Å². The van der Waals surface area contributed by atoms with Crippen molar-refractivity contribution in [2.24, 2.45) is 0 Å². The Kier molecular flexibility index (Phi) is 4.07. The number of hydrogen-bond donors (Lipinski definition) is 0. The highest BCUT2D eigenvalue weighted by atomic mass is 19.1. The molecule has 0 unspecified atom stereocenters. The molecule has 0 bridgehead atoms. The zero-order chi connectivity index (χ0) is 17.4. The molecule has 3 heterocycles. The molecule has 4 rings (SSSR count). The van der Waals surface area contributed by atoms with E-state index in [1.807, 2.05) is 0 Å². The van der Waals surface area contributed by atoms with Crippen molar-refractivity contribution in [1.29, 1.82) is 0 Å². The summed E-state index contributed by atoms with van der Waals surface area (Å²) in [5.74, 6) is 0.487. The van der Waals surface area contributed by atoms with E-state index >= 15 is 0 Å². The van der Waals surface area contributed by atoms with Crippen LogP contribution in [0, 0.1) is 0 Å². The lowest BCUT2D eigenvalue weighted by molar-refractivity contribution is -0.135. The molecule has 6 nitrogen and oxygen atoms in total. The number of benzene rings is 1. The Bertz CT molecular complexity index is 749. The van der Waals surface area contributed by atoms with E-state index in [0.29, 0.717) is 43.0 Å². The first-order valence-electron chi connectivity index (χ1n) is 8.47. The van der Waals surface area contributed by atoms with Gasteiger partial charge in [0.1, 0.15) is 11.9 Å². The molecule has 0 spiro atoms. The maximum atomic E-state index is 13.5. The van der Waals surface area contributed by atoms with Gasteiger partial charge < -0.3 is 19.3 Å². The first-order chi connectivity index (χ1) is 12.1. The zero-order valence-corrected chi connectivity index (χ0v) is 13.7. The Labute approximate surface area is 144 Å². The molecule has 1 saturated heterocycles. The second-order valence-corrected chi connectivity index (χ2v) is 6.42. The van der Waals surface area contributed by atoms with Crippen LogP contribution in [0.1, 0.15) is 29.6 Å². The molecule has 0 saturated carbocycles. The quantitative estimate of drug-likeness (QED) is 0.823. The zero-order valence-electron chi connectivity index (χ0n) is 13.7. The summed E-state index contributed by atoms with van der Waals surface area (Å²) in [4.78, 5) is 28.8. The molecule has 1 atom stereocenters. The van der Waals surface area contributed by atoms with Gasteiger partial charge >= 0.3 is 0 Å². The lowest BCUT2D eigenvalue weighted by atomic mass is 10.1. The van der Waals surface area contributed by atoms with Gasteiger partial charge in [-0.15, -0.1) is 0 Å². The molecule has 0 aromatic heterocycles. The van der Waals surface area contributed by atoms with Crippen LogP contribution >= 0.6 is 0 Å². The van der Waals surface area contributed by atoms with E-state index in [0.717, 1.165) is 6.42 Å². The van der Waals surface area contributed by atoms with Crippen LogP contribution in [0.4, 0.5) is 4.39 Å².